The van der Waals surface area contributed by atoms with Gasteiger partial charge >= 0.3 is 5.97 Å². The number of nitrogens with one attached hydrogen (secondary N) is 1. The van der Waals surface area contributed by atoms with E-state index in [4.69, 9.17) is 9.47 Å². The molecule has 0 unspecified atom stereocenters. The number of benzene rings is 2. The molecule has 1 atom stereocenters. The lowest BCUT2D eigenvalue weighted by atomic mass is 10.1. The molecule has 0 aliphatic heterocycles. The first-order valence-corrected chi connectivity index (χ1v) is 8.34. The highest BCUT2D eigenvalue weighted by atomic mass is 16.5. The molecule has 1 N–H and O–H groups in total. The van der Waals surface area contributed by atoms with Crippen LogP contribution in [-0.4, -0.2) is 25.1 Å². The van der Waals surface area contributed by atoms with Gasteiger partial charge in [-0.05, 0) is 61.6 Å². The van der Waals surface area contributed by atoms with E-state index in [9.17, 15) is 9.59 Å². The third-order valence-electron chi connectivity index (χ3n) is 4.32. The van der Waals surface area contributed by atoms with E-state index in [1.165, 1.54) is 11.1 Å². The maximum atomic E-state index is 12.3. The Hall–Kier alpha value is -2.82. The van der Waals surface area contributed by atoms with Crippen molar-refractivity contribution in [3.63, 3.8) is 0 Å². The first-order valence-electron chi connectivity index (χ1n) is 8.34. The number of ether oxygens (including phenoxy) is 2. The summed E-state index contributed by atoms with van der Waals surface area (Å²) in [6.07, 6.45) is 2.27. The fourth-order valence-corrected chi connectivity index (χ4v) is 2.93. The number of rotatable bonds is 5. The molecular formula is C20H21NO4. The first-order chi connectivity index (χ1) is 12.1. The Morgan fingerprint density at radius 2 is 1.88 bits per heavy atom. The van der Waals surface area contributed by atoms with Crippen molar-refractivity contribution in [2.45, 2.75) is 32.3 Å². The van der Waals surface area contributed by atoms with Crippen LogP contribution in [0.1, 0.15) is 34.8 Å². The summed E-state index contributed by atoms with van der Waals surface area (Å²) in [6, 6.07) is 12.6. The van der Waals surface area contributed by atoms with Gasteiger partial charge in [-0.2, -0.15) is 0 Å². The van der Waals surface area contributed by atoms with Crippen LogP contribution < -0.4 is 10.1 Å². The van der Waals surface area contributed by atoms with Crippen molar-refractivity contribution >= 4 is 17.6 Å². The van der Waals surface area contributed by atoms with Crippen molar-refractivity contribution in [3.8, 4) is 5.75 Å². The average Bonchev–Trinajstić information content (AvgIpc) is 3.09. The third-order valence-corrected chi connectivity index (χ3v) is 4.32. The van der Waals surface area contributed by atoms with E-state index >= 15 is 0 Å². The zero-order valence-electron chi connectivity index (χ0n) is 14.4. The molecule has 1 amide bonds. The van der Waals surface area contributed by atoms with Crippen molar-refractivity contribution in [1.82, 2.24) is 0 Å². The van der Waals surface area contributed by atoms with Crippen LogP contribution >= 0.6 is 0 Å². The van der Waals surface area contributed by atoms with Gasteiger partial charge in [0.2, 0.25) is 0 Å². The molecule has 2 aromatic rings. The summed E-state index contributed by atoms with van der Waals surface area (Å²) >= 11 is 0. The van der Waals surface area contributed by atoms with Gasteiger partial charge in [-0.3, -0.25) is 4.79 Å². The number of hydrogen-bond acceptors (Lipinski definition) is 4. The second-order valence-corrected chi connectivity index (χ2v) is 6.11. The Kier molecular flexibility index (Phi) is 5.03. The van der Waals surface area contributed by atoms with Gasteiger partial charge in [0.1, 0.15) is 5.75 Å². The first kappa shape index (κ1) is 17.0. The minimum Gasteiger partial charge on any atom is -0.497 e. The monoisotopic (exact) mass is 339 g/mol. The molecule has 25 heavy (non-hydrogen) atoms. The van der Waals surface area contributed by atoms with Crippen LogP contribution in [0.15, 0.2) is 42.5 Å². The zero-order chi connectivity index (χ0) is 17.8. The standard InChI is InChI=1S/C20H21NO4/c1-13(19(22)21-17-7-4-8-18(12-17)24-2)25-20(23)16-10-9-14-5-3-6-15(14)11-16/h4,7-13H,3,5-6H2,1-2H3,(H,21,22)/t13-/m1/s1. The Morgan fingerprint density at radius 3 is 2.68 bits per heavy atom. The summed E-state index contributed by atoms with van der Waals surface area (Å²) in [6.45, 7) is 1.56. The number of methoxy groups -OCH3 is 1. The SMILES string of the molecule is COc1cccc(NC(=O)[C@@H](C)OC(=O)c2ccc3c(c2)CCC3)c1. The lowest BCUT2D eigenvalue weighted by Gasteiger charge is -2.14. The summed E-state index contributed by atoms with van der Waals surface area (Å²) in [5, 5.41) is 2.72. The maximum Gasteiger partial charge on any atom is 0.338 e. The quantitative estimate of drug-likeness (QED) is 0.848. The Balaban J connectivity index is 1.61. The molecule has 0 spiro atoms. The van der Waals surface area contributed by atoms with E-state index in [0.717, 1.165) is 19.3 Å². The highest BCUT2D eigenvalue weighted by Gasteiger charge is 2.20. The molecule has 1 aliphatic rings. The number of amides is 1. The largest absolute Gasteiger partial charge is 0.497 e. The van der Waals surface area contributed by atoms with Gasteiger partial charge in [-0.15, -0.1) is 0 Å². The van der Waals surface area contributed by atoms with Gasteiger partial charge in [-0.1, -0.05) is 12.1 Å². The lowest BCUT2D eigenvalue weighted by Crippen LogP contribution is -2.30. The Morgan fingerprint density at radius 1 is 1.08 bits per heavy atom. The minimum absolute atomic E-state index is 0.386. The van der Waals surface area contributed by atoms with Gasteiger partial charge in [-0.25, -0.2) is 4.79 Å². The minimum atomic E-state index is -0.896. The topological polar surface area (TPSA) is 64.6 Å². The van der Waals surface area contributed by atoms with Crippen LogP contribution in [-0.2, 0) is 22.4 Å². The smallest absolute Gasteiger partial charge is 0.338 e. The second kappa shape index (κ2) is 7.38. The maximum absolute atomic E-state index is 12.3. The lowest BCUT2D eigenvalue weighted by molar-refractivity contribution is -0.123. The van der Waals surface area contributed by atoms with Crippen LogP contribution in [0.2, 0.25) is 0 Å². The van der Waals surface area contributed by atoms with E-state index in [1.807, 2.05) is 12.1 Å². The molecule has 1 aliphatic carbocycles. The summed E-state index contributed by atoms with van der Waals surface area (Å²) in [5.74, 6) is -0.230. The molecule has 130 valence electrons. The van der Waals surface area contributed by atoms with Crippen LogP contribution in [0.4, 0.5) is 5.69 Å². The van der Waals surface area contributed by atoms with Crippen LogP contribution in [0.5, 0.6) is 5.75 Å². The molecule has 0 aromatic heterocycles. The van der Waals surface area contributed by atoms with Crippen molar-refractivity contribution in [1.29, 1.82) is 0 Å². The fraction of sp³-hybridized carbons (Fsp3) is 0.300. The third kappa shape index (κ3) is 3.99. The zero-order valence-corrected chi connectivity index (χ0v) is 14.4. The second-order valence-electron chi connectivity index (χ2n) is 6.11. The molecule has 0 bridgehead atoms. The number of carbonyl (C=O) groups excluding carboxylic acids is 2. The molecular weight excluding hydrogens is 318 g/mol. The Bertz CT molecular complexity index is 800. The highest BCUT2D eigenvalue weighted by molar-refractivity contribution is 5.97. The van der Waals surface area contributed by atoms with Crippen molar-refractivity contribution in [3.05, 3.63) is 59.2 Å². The molecule has 5 heteroatoms. The predicted octanol–water partition coefficient (Wildman–Crippen LogP) is 3.37. The van der Waals surface area contributed by atoms with E-state index in [0.29, 0.717) is 17.0 Å². The van der Waals surface area contributed by atoms with Gasteiger partial charge < -0.3 is 14.8 Å². The van der Waals surface area contributed by atoms with E-state index in [2.05, 4.69) is 5.32 Å². The molecule has 3 rings (SSSR count). The van der Waals surface area contributed by atoms with Crippen molar-refractivity contribution in [2.24, 2.45) is 0 Å². The average molecular weight is 339 g/mol. The Labute approximate surface area is 147 Å². The molecule has 0 saturated carbocycles. The van der Waals surface area contributed by atoms with Crippen LogP contribution in [0.25, 0.3) is 0 Å². The predicted molar refractivity (Wildman–Crippen MR) is 95.0 cm³/mol. The van der Waals surface area contributed by atoms with Gasteiger partial charge in [0.05, 0.1) is 12.7 Å². The number of aryl methyl sites for hydroxylation is 2. The van der Waals surface area contributed by atoms with E-state index < -0.39 is 12.1 Å². The normalized spacial score (nSPS) is 13.7. The van der Waals surface area contributed by atoms with Gasteiger partial charge in [0, 0.05) is 11.8 Å². The van der Waals surface area contributed by atoms with Crippen molar-refractivity contribution in [2.75, 3.05) is 12.4 Å². The van der Waals surface area contributed by atoms with E-state index in [1.54, 1.807) is 44.4 Å². The summed E-state index contributed by atoms with van der Waals surface area (Å²) in [4.78, 5) is 24.5. The summed E-state index contributed by atoms with van der Waals surface area (Å²) in [5.41, 5.74) is 3.56. The van der Waals surface area contributed by atoms with Crippen LogP contribution in [0.3, 0.4) is 0 Å². The van der Waals surface area contributed by atoms with Crippen LogP contribution in [0, 0.1) is 0 Å². The molecule has 0 radical (unpaired) electrons. The summed E-state index contributed by atoms with van der Waals surface area (Å²) < 4.78 is 10.4. The molecule has 2 aromatic carbocycles. The number of hydrogen-bond donors (Lipinski definition) is 1. The molecule has 5 nitrogen and oxygen atoms in total. The number of anilines is 1. The highest BCUT2D eigenvalue weighted by Crippen LogP contribution is 2.23. The molecule has 0 saturated heterocycles. The summed E-state index contributed by atoms with van der Waals surface area (Å²) in [7, 11) is 1.56. The fourth-order valence-electron chi connectivity index (χ4n) is 2.93. The number of esters is 1. The molecule has 0 fully saturated rings. The van der Waals surface area contributed by atoms with Gasteiger partial charge in [0.25, 0.3) is 5.91 Å². The van der Waals surface area contributed by atoms with Gasteiger partial charge in [0.15, 0.2) is 6.10 Å². The number of fused-ring (bicyclic) bond motifs is 1. The molecule has 0 heterocycles. The number of carbonyl (C=O) groups is 2. The van der Waals surface area contributed by atoms with Crippen molar-refractivity contribution < 1.29 is 19.1 Å². The van der Waals surface area contributed by atoms with E-state index in [-0.39, 0.29) is 5.91 Å².